The third-order valence-corrected chi connectivity index (χ3v) is 13.3. The van der Waals surface area contributed by atoms with Crippen LogP contribution in [0.25, 0.3) is 60.5 Å². The van der Waals surface area contributed by atoms with Crippen LogP contribution in [0.2, 0.25) is 0 Å². The Bertz CT molecular complexity index is 3380. The van der Waals surface area contributed by atoms with Crippen LogP contribution in [0.4, 0.5) is 17.1 Å². The van der Waals surface area contributed by atoms with Crippen LogP contribution in [-0.4, -0.2) is 4.57 Å². The van der Waals surface area contributed by atoms with E-state index in [2.05, 4.69) is 262 Å². The molecule has 0 spiro atoms. The van der Waals surface area contributed by atoms with Gasteiger partial charge in [-0.25, -0.2) is 0 Å². The van der Waals surface area contributed by atoms with Gasteiger partial charge in [0.25, 0.3) is 0 Å². The first kappa shape index (κ1) is 36.4. The number of halogens is 1. The van der Waals surface area contributed by atoms with Crippen LogP contribution in [0.3, 0.4) is 0 Å². The zero-order valence-electron chi connectivity index (χ0n) is 33.8. The Morgan fingerprint density at radius 1 is 0.387 bits per heavy atom. The van der Waals surface area contributed by atoms with E-state index in [9.17, 15) is 0 Å². The average Bonchev–Trinajstić information content (AvgIpc) is 3.83. The molecule has 0 amide bonds. The van der Waals surface area contributed by atoms with Crippen molar-refractivity contribution in [3.05, 3.63) is 263 Å². The number of aromatic nitrogens is 1. The number of benzene rings is 10. The summed E-state index contributed by atoms with van der Waals surface area (Å²) in [6.45, 7) is 0. The Balaban J connectivity index is 1.04. The number of hydrogen-bond donors (Lipinski definition) is 0. The lowest BCUT2D eigenvalue weighted by atomic mass is 9.67. The Hall–Kier alpha value is -7.46. The molecule has 3 heteroatoms. The van der Waals surface area contributed by atoms with Crippen LogP contribution < -0.4 is 4.90 Å². The van der Waals surface area contributed by atoms with E-state index in [1.165, 1.54) is 66.0 Å². The highest BCUT2D eigenvalue weighted by Crippen LogP contribution is 2.57. The number of para-hydroxylation sites is 2. The maximum atomic E-state index is 3.90. The van der Waals surface area contributed by atoms with Crippen molar-refractivity contribution in [3.63, 3.8) is 0 Å². The van der Waals surface area contributed by atoms with Gasteiger partial charge in [-0.15, -0.1) is 0 Å². The van der Waals surface area contributed by atoms with Gasteiger partial charge in [0.15, 0.2) is 0 Å². The summed E-state index contributed by atoms with van der Waals surface area (Å²) in [5.74, 6) is 0. The molecule has 11 aromatic rings. The van der Waals surface area contributed by atoms with Crippen LogP contribution in [-0.2, 0) is 5.41 Å². The summed E-state index contributed by atoms with van der Waals surface area (Å²) in [6, 6.07) is 86.8. The van der Waals surface area contributed by atoms with Crippen molar-refractivity contribution in [1.82, 2.24) is 4.57 Å². The molecule has 0 unspecified atom stereocenters. The summed E-state index contributed by atoms with van der Waals surface area (Å²) in [7, 11) is 0. The number of hydrogen-bond acceptors (Lipinski definition) is 1. The fraction of sp³-hybridized carbons (Fsp3) is 0.0169. The van der Waals surface area contributed by atoms with E-state index < -0.39 is 5.41 Å². The Morgan fingerprint density at radius 3 is 1.66 bits per heavy atom. The maximum absolute atomic E-state index is 3.90. The van der Waals surface area contributed by atoms with Gasteiger partial charge < -0.3 is 9.47 Å². The quantitative estimate of drug-likeness (QED) is 0.155. The number of fused-ring (bicyclic) bond motifs is 7. The zero-order valence-corrected chi connectivity index (χ0v) is 35.4. The number of rotatable bonds is 7. The predicted octanol–water partition coefficient (Wildman–Crippen LogP) is 16.2. The fourth-order valence-corrected chi connectivity index (χ4v) is 10.8. The second-order valence-electron chi connectivity index (χ2n) is 16.2. The molecule has 2 nitrogen and oxygen atoms in total. The lowest BCUT2D eigenvalue weighted by Gasteiger charge is -2.35. The molecule has 0 fully saturated rings. The van der Waals surface area contributed by atoms with Gasteiger partial charge in [-0.3, -0.25) is 0 Å². The van der Waals surface area contributed by atoms with E-state index in [-0.39, 0.29) is 0 Å². The van der Waals surface area contributed by atoms with Crippen molar-refractivity contribution in [1.29, 1.82) is 0 Å². The molecule has 12 rings (SSSR count). The molecule has 292 valence electrons. The highest BCUT2D eigenvalue weighted by atomic mass is 79.9. The molecule has 0 saturated heterocycles. The standard InChI is InChI=1S/C59H39BrN2/c60-45-36-42(37-48(38-45)62-57-27-13-10-24-52(57)53-25-11-14-28-58(53)62)40-30-32-46(33-31-40)61(56-29-15-17-41-16-7-8-22-49(41)56)47-34-35-51-50-23-9-12-26-54(50)59(55(51)39-47,43-18-3-1-4-19-43)44-20-5-2-6-21-44/h1-39H. The highest BCUT2D eigenvalue weighted by Gasteiger charge is 2.46. The molecule has 0 atom stereocenters. The van der Waals surface area contributed by atoms with Gasteiger partial charge in [0, 0.05) is 37.7 Å². The number of anilines is 3. The SMILES string of the molecule is Brc1cc(-c2ccc(N(c3ccc4c(c3)C(c3ccccc3)(c3ccccc3)c3ccccc3-4)c3cccc4ccccc34)cc2)cc(-n2c3ccccc3c3ccccc32)c1. The smallest absolute Gasteiger partial charge is 0.0714 e. The molecule has 0 radical (unpaired) electrons. The lowest BCUT2D eigenvalue weighted by molar-refractivity contribution is 0.768. The van der Waals surface area contributed by atoms with E-state index in [1.54, 1.807) is 0 Å². The molecule has 1 aliphatic rings. The van der Waals surface area contributed by atoms with Crippen molar-refractivity contribution < 1.29 is 0 Å². The molecule has 10 aromatic carbocycles. The fourth-order valence-electron chi connectivity index (χ4n) is 10.3. The summed E-state index contributed by atoms with van der Waals surface area (Å²) in [5.41, 5.74) is 16.2. The minimum Gasteiger partial charge on any atom is -0.310 e. The third kappa shape index (κ3) is 5.62. The summed E-state index contributed by atoms with van der Waals surface area (Å²) < 4.78 is 3.42. The third-order valence-electron chi connectivity index (χ3n) is 12.9. The van der Waals surface area contributed by atoms with Gasteiger partial charge in [-0.1, -0.05) is 192 Å². The molecule has 0 saturated carbocycles. The van der Waals surface area contributed by atoms with Crippen LogP contribution in [0.15, 0.2) is 241 Å². The van der Waals surface area contributed by atoms with Gasteiger partial charge in [0.1, 0.15) is 0 Å². The van der Waals surface area contributed by atoms with Crippen molar-refractivity contribution in [3.8, 4) is 27.9 Å². The lowest BCUT2D eigenvalue weighted by Crippen LogP contribution is -2.28. The van der Waals surface area contributed by atoms with Gasteiger partial charge in [-0.05, 0) is 111 Å². The molecule has 0 N–H and O–H groups in total. The largest absolute Gasteiger partial charge is 0.310 e. The molecular formula is C59H39BrN2. The first-order chi connectivity index (χ1) is 30.7. The van der Waals surface area contributed by atoms with E-state index in [0.717, 1.165) is 38.3 Å². The summed E-state index contributed by atoms with van der Waals surface area (Å²) >= 11 is 3.90. The normalized spacial score (nSPS) is 12.7. The van der Waals surface area contributed by atoms with E-state index in [4.69, 9.17) is 0 Å². The summed E-state index contributed by atoms with van der Waals surface area (Å²) in [5, 5.41) is 4.91. The van der Waals surface area contributed by atoms with Gasteiger partial charge in [-0.2, -0.15) is 0 Å². The van der Waals surface area contributed by atoms with Crippen LogP contribution in [0.1, 0.15) is 22.3 Å². The molecule has 0 aliphatic heterocycles. The number of nitrogens with zero attached hydrogens (tertiary/aromatic N) is 2. The Labute approximate surface area is 369 Å². The van der Waals surface area contributed by atoms with Crippen molar-refractivity contribution in [2.45, 2.75) is 5.41 Å². The second kappa shape index (κ2) is 14.6. The minimum absolute atomic E-state index is 0.506. The van der Waals surface area contributed by atoms with Crippen molar-refractivity contribution in [2.75, 3.05) is 4.90 Å². The predicted molar refractivity (Wildman–Crippen MR) is 263 cm³/mol. The van der Waals surface area contributed by atoms with Crippen molar-refractivity contribution >= 4 is 65.6 Å². The topological polar surface area (TPSA) is 8.17 Å². The van der Waals surface area contributed by atoms with Gasteiger partial charge in [0.2, 0.25) is 0 Å². The van der Waals surface area contributed by atoms with Crippen LogP contribution >= 0.6 is 15.9 Å². The molecule has 1 heterocycles. The molecule has 62 heavy (non-hydrogen) atoms. The minimum atomic E-state index is -0.506. The summed E-state index contributed by atoms with van der Waals surface area (Å²) in [6.07, 6.45) is 0. The highest BCUT2D eigenvalue weighted by molar-refractivity contribution is 9.10. The monoisotopic (exact) mass is 854 g/mol. The first-order valence-electron chi connectivity index (χ1n) is 21.2. The molecule has 1 aliphatic carbocycles. The molecule has 0 bridgehead atoms. The van der Waals surface area contributed by atoms with E-state index >= 15 is 0 Å². The average molecular weight is 856 g/mol. The van der Waals surface area contributed by atoms with Crippen molar-refractivity contribution in [2.24, 2.45) is 0 Å². The second-order valence-corrected chi connectivity index (χ2v) is 17.1. The molecular weight excluding hydrogens is 817 g/mol. The van der Waals surface area contributed by atoms with Gasteiger partial charge in [0.05, 0.1) is 22.1 Å². The maximum Gasteiger partial charge on any atom is 0.0714 e. The Morgan fingerprint density at radius 2 is 0.952 bits per heavy atom. The van der Waals surface area contributed by atoms with E-state index in [1.807, 2.05) is 0 Å². The summed E-state index contributed by atoms with van der Waals surface area (Å²) in [4.78, 5) is 2.45. The van der Waals surface area contributed by atoms with Crippen LogP contribution in [0.5, 0.6) is 0 Å². The zero-order chi connectivity index (χ0) is 41.2. The van der Waals surface area contributed by atoms with Gasteiger partial charge >= 0.3 is 0 Å². The van der Waals surface area contributed by atoms with E-state index in [0.29, 0.717) is 0 Å². The molecule has 1 aromatic heterocycles. The van der Waals surface area contributed by atoms with Crippen LogP contribution in [0, 0.1) is 0 Å². The first-order valence-corrected chi connectivity index (χ1v) is 22.0. The Kier molecular flexibility index (Phi) is 8.58.